The van der Waals surface area contributed by atoms with Crippen LogP contribution in [0.25, 0.3) is 0 Å². The molecule has 0 saturated carbocycles. The maximum atomic E-state index is 13.1. The molecule has 2 N–H and O–H groups in total. The lowest BCUT2D eigenvalue weighted by atomic mass is 10.2. The van der Waals surface area contributed by atoms with Crippen LogP contribution in [0.3, 0.4) is 0 Å². The van der Waals surface area contributed by atoms with Crippen molar-refractivity contribution >= 4 is 39.4 Å². The van der Waals surface area contributed by atoms with E-state index < -0.39 is 28.3 Å². The van der Waals surface area contributed by atoms with Crippen LogP contribution in [0.2, 0.25) is 0 Å². The summed E-state index contributed by atoms with van der Waals surface area (Å²) in [7, 11) is -2.32. The molecule has 0 aromatic heterocycles. The molecule has 0 heterocycles. The van der Waals surface area contributed by atoms with E-state index in [2.05, 4.69) is 15.8 Å². The predicted molar refractivity (Wildman–Crippen MR) is 140 cm³/mol. The number of methoxy groups -OCH3 is 1. The smallest absolute Gasteiger partial charge is 0.264 e. The molecule has 3 aromatic carbocycles. The zero-order chi connectivity index (χ0) is 26.7. The monoisotopic (exact) mass is 519 g/mol. The summed E-state index contributed by atoms with van der Waals surface area (Å²) in [6, 6.07) is 23.1. The third kappa shape index (κ3) is 7.65. The number of hydrogen-bond acceptors (Lipinski definition) is 7. The Morgan fingerprint density at radius 1 is 1.00 bits per heavy atom. The molecule has 0 aliphatic heterocycles. The highest BCUT2D eigenvalue weighted by molar-refractivity contribution is 7.92. The normalized spacial score (nSPS) is 10.9. The van der Waals surface area contributed by atoms with Gasteiger partial charge in [-0.05, 0) is 54.1 Å². The second-order valence-electron chi connectivity index (χ2n) is 7.64. The Morgan fingerprint density at radius 2 is 1.68 bits per heavy atom. The first kappa shape index (κ1) is 26.9. The molecule has 0 bridgehead atoms. The third-order valence-electron chi connectivity index (χ3n) is 5.04. The van der Waals surface area contributed by atoms with Crippen LogP contribution in [0.1, 0.15) is 18.4 Å². The summed E-state index contributed by atoms with van der Waals surface area (Å²) >= 11 is 0. The van der Waals surface area contributed by atoms with E-state index in [-0.39, 0.29) is 17.9 Å². The lowest BCUT2D eigenvalue weighted by molar-refractivity contribution is -0.126. The van der Waals surface area contributed by atoms with Gasteiger partial charge in [0.05, 0.1) is 36.4 Å². The molecule has 0 atom stereocenters. The molecule has 190 valence electrons. The highest BCUT2D eigenvalue weighted by atomic mass is 32.2. The van der Waals surface area contributed by atoms with Crippen LogP contribution in [0.5, 0.6) is 5.75 Å². The van der Waals surface area contributed by atoms with Gasteiger partial charge < -0.3 is 10.1 Å². The molecule has 2 amide bonds. The fourth-order valence-electron chi connectivity index (χ4n) is 3.23. The number of carbonyl (C=O) groups excluding carboxylic acids is 2. The van der Waals surface area contributed by atoms with Crippen LogP contribution >= 0.6 is 0 Å². The summed E-state index contributed by atoms with van der Waals surface area (Å²) in [5, 5.41) is 15.4. The molecule has 10 nitrogen and oxygen atoms in total. The number of benzene rings is 3. The Morgan fingerprint density at radius 3 is 2.30 bits per heavy atom. The van der Waals surface area contributed by atoms with Crippen LogP contribution in [0, 0.1) is 11.3 Å². The second kappa shape index (κ2) is 12.9. The van der Waals surface area contributed by atoms with Crippen molar-refractivity contribution < 1.29 is 22.7 Å². The summed E-state index contributed by atoms with van der Waals surface area (Å²) in [6.45, 7) is -0.00416. The van der Waals surface area contributed by atoms with Crippen molar-refractivity contribution in [2.75, 3.05) is 23.3 Å². The number of ether oxygens (including phenoxy) is 1. The topological polar surface area (TPSA) is 141 Å². The van der Waals surface area contributed by atoms with E-state index in [4.69, 9.17) is 10.00 Å². The van der Waals surface area contributed by atoms with Crippen molar-refractivity contribution in [2.24, 2.45) is 5.10 Å². The van der Waals surface area contributed by atoms with Crippen LogP contribution in [-0.4, -0.2) is 40.1 Å². The number of hydrogen-bond donors (Lipinski definition) is 2. The number of hydrazone groups is 1. The number of nitriles is 1. The first-order valence-electron chi connectivity index (χ1n) is 11.1. The molecule has 0 spiro atoms. The number of sulfonamides is 1. The molecule has 37 heavy (non-hydrogen) atoms. The molecule has 3 rings (SSSR count). The molecular formula is C26H25N5O5S. The summed E-state index contributed by atoms with van der Waals surface area (Å²) in [6.07, 6.45) is 0.967. The number of rotatable bonds is 11. The molecule has 0 fully saturated rings. The number of carbonyl (C=O) groups is 2. The van der Waals surface area contributed by atoms with Gasteiger partial charge in [-0.3, -0.25) is 13.9 Å². The minimum absolute atomic E-state index is 0.00416. The van der Waals surface area contributed by atoms with E-state index in [0.717, 1.165) is 0 Å². The molecule has 0 aliphatic carbocycles. The van der Waals surface area contributed by atoms with Gasteiger partial charge in [0.1, 0.15) is 12.2 Å². The van der Waals surface area contributed by atoms with Gasteiger partial charge in [0.25, 0.3) is 10.0 Å². The Kier molecular flexibility index (Phi) is 9.35. The van der Waals surface area contributed by atoms with Crippen molar-refractivity contribution in [3.8, 4) is 11.8 Å². The minimum atomic E-state index is -3.86. The molecule has 11 heteroatoms. The SMILES string of the molecule is COc1ccc(NC(=O)CC(=O)N/N=C/c2ccc(N(CCC#N)S(=O)(=O)c3ccccc3)cc2)cc1. The van der Waals surface area contributed by atoms with E-state index in [0.29, 0.717) is 22.7 Å². The third-order valence-corrected chi connectivity index (χ3v) is 6.88. The predicted octanol–water partition coefficient (Wildman–Crippen LogP) is 3.28. The maximum absolute atomic E-state index is 13.1. The Balaban J connectivity index is 1.59. The van der Waals surface area contributed by atoms with Gasteiger partial charge >= 0.3 is 0 Å². The van der Waals surface area contributed by atoms with E-state index in [9.17, 15) is 18.0 Å². The zero-order valence-electron chi connectivity index (χ0n) is 20.0. The van der Waals surface area contributed by atoms with Gasteiger partial charge in [0.2, 0.25) is 11.8 Å². The van der Waals surface area contributed by atoms with E-state index in [1.165, 1.54) is 29.8 Å². The van der Waals surface area contributed by atoms with Crippen molar-refractivity contribution in [3.63, 3.8) is 0 Å². The Labute approximate surface area is 215 Å². The van der Waals surface area contributed by atoms with E-state index >= 15 is 0 Å². The second-order valence-corrected chi connectivity index (χ2v) is 9.50. The summed E-state index contributed by atoms with van der Waals surface area (Å²) in [5.74, 6) is -0.458. The quantitative estimate of drug-likeness (QED) is 0.226. The van der Waals surface area contributed by atoms with Crippen molar-refractivity contribution in [1.29, 1.82) is 5.26 Å². The number of nitrogens with zero attached hydrogens (tertiary/aromatic N) is 3. The number of anilines is 2. The van der Waals surface area contributed by atoms with E-state index in [1.807, 2.05) is 6.07 Å². The minimum Gasteiger partial charge on any atom is -0.497 e. The molecule has 0 unspecified atom stereocenters. The van der Waals surface area contributed by atoms with Crippen molar-refractivity contribution in [1.82, 2.24) is 5.43 Å². The standard InChI is InChI=1S/C26H25N5O5S/c1-36-23-14-10-21(11-15-23)29-25(32)18-26(33)30-28-19-20-8-12-22(13-9-20)31(17-5-16-27)37(34,35)24-6-3-2-4-7-24/h2-4,6-15,19H,5,17-18H2,1H3,(H,29,32)(H,30,33)/b28-19+. The van der Waals surface area contributed by atoms with Crippen LogP contribution in [0.4, 0.5) is 11.4 Å². The lowest BCUT2D eigenvalue weighted by Crippen LogP contribution is -2.31. The van der Waals surface area contributed by atoms with Crippen LogP contribution < -0.4 is 19.8 Å². The average molecular weight is 520 g/mol. The largest absolute Gasteiger partial charge is 0.497 e. The number of amides is 2. The first-order valence-corrected chi connectivity index (χ1v) is 12.6. The maximum Gasteiger partial charge on any atom is 0.264 e. The first-order chi connectivity index (χ1) is 17.8. The fraction of sp³-hybridized carbons (Fsp3) is 0.154. The fourth-order valence-corrected chi connectivity index (χ4v) is 4.72. The molecule has 0 aliphatic rings. The molecule has 0 saturated heterocycles. The molecule has 0 radical (unpaired) electrons. The summed E-state index contributed by atoms with van der Waals surface area (Å²) < 4.78 is 32.4. The van der Waals surface area contributed by atoms with Gasteiger partial charge in [-0.2, -0.15) is 10.4 Å². The average Bonchev–Trinajstić information content (AvgIpc) is 2.90. The van der Waals surface area contributed by atoms with Crippen molar-refractivity contribution in [2.45, 2.75) is 17.7 Å². The highest BCUT2D eigenvalue weighted by Gasteiger charge is 2.24. The van der Waals surface area contributed by atoms with Crippen LogP contribution in [-0.2, 0) is 19.6 Å². The Hall–Kier alpha value is -4.69. The van der Waals surface area contributed by atoms with Crippen molar-refractivity contribution in [3.05, 3.63) is 84.4 Å². The molecule has 3 aromatic rings. The van der Waals surface area contributed by atoms with Gasteiger partial charge in [0, 0.05) is 12.2 Å². The van der Waals surface area contributed by atoms with Crippen LogP contribution in [0.15, 0.2) is 88.9 Å². The number of nitrogens with one attached hydrogen (secondary N) is 2. The Bertz CT molecular complexity index is 1380. The van der Waals surface area contributed by atoms with Gasteiger partial charge in [-0.25, -0.2) is 13.8 Å². The van der Waals surface area contributed by atoms with Gasteiger partial charge in [0.15, 0.2) is 0 Å². The highest BCUT2D eigenvalue weighted by Crippen LogP contribution is 2.24. The zero-order valence-corrected chi connectivity index (χ0v) is 20.8. The summed E-state index contributed by atoms with van der Waals surface area (Å²) in [4.78, 5) is 24.2. The van der Waals surface area contributed by atoms with E-state index in [1.54, 1.807) is 66.7 Å². The lowest BCUT2D eigenvalue weighted by Gasteiger charge is -2.23. The van der Waals surface area contributed by atoms with Gasteiger partial charge in [-0.1, -0.05) is 30.3 Å². The summed E-state index contributed by atoms with van der Waals surface area (Å²) in [5.41, 5.74) is 3.78. The van der Waals surface area contributed by atoms with Gasteiger partial charge in [-0.15, -0.1) is 0 Å². The molecular weight excluding hydrogens is 494 g/mol.